The Morgan fingerprint density at radius 2 is 2.09 bits per heavy atom. The molecule has 5 heterocycles. The van der Waals surface area contributed by atoms with Crippen molar-refractivity contribution in [2.75, 3.05) is 49.8 Å². The Balaban J connectivity index is 1.67. The third kappa shape index (κ3) is 4.29. The number of anilines is 2. The first-order chi connectivity index (χ1) is 16.2. The fraction of sp³-hybridized carbons (Fsp3) is 0.560. The number of rotatable bonds is 6. The number of fused-ring (bicyclic) bond motifs is 1. The van der Waals surface area contributed by atoms with Crippen molar-refractivity contribution in [1.29, 1.82) is 0 Å². The van der Waals surface area contributed by atoms with E-state index in [1.54, 1.807) is 0 Å². The molecule has 176 valence electrons. The summed E-state index contributed by atoms with van der Waals surface area (Å²) in [5, 5.41) is 5.73. The lowest BCUT2D eigenvalue weighted by molar-refractivity contribution is -0.0383. The Hall–Kier alpha value is -2.71. The van der Waals surface area contributed by atoms with Crippen LogP contribution in [-0.4, -0.2) is 65.7 Å². The highest BCUT2D eigenvalue weighted by Crippen LogP contribution is 2.36. The Morgan fingerprint density at radius 3 is 2.88 bits per heavy atom. The summed E-state index contributed by atoms with van der Waals surface area (Å²) in [6, 6.07) is 6.61. The van der Waals surface area contributed by atoms with Gasteiger partial charge in [-0.1, -0.05) is 6.92 Å². The second-order valence-corrected chi connectivity index (χ2v) is 9.08. The fourth-order valence-electron chi connectivity index (χ4n) is 4.94. The summed E-state index contributed by atoms with van der Waals surface area (Å²) in [6.07, 6.45) is 7.97. The summed E-state index contributed by atoms with van der Waals surface area (Å²) >= 11 is 0. The zero-order valence-corrected chi connectivity index (χ0v) is 19.9. The van der Waals surface area contributed by atoms with Crippen LogP contribution in [0.4, 0.5) is 11.5 Å². The van der Waals surface area contributed by atoms with E-state index in [0.717, 1.165) is 80.1 Å². The normalized spacial score (nSPS) is 21.5. The maximum absolute atomic E-state index is 6.05. The summed E-state index contributed by atoms with van der Waals surface area (Å²) in [7, 11) is 2.16. The highest BCUT2D eigenvalue weighted by atomic mass is 16.5. The van der Waals surface area contributed by atoms with Crippen molar-refractivity contribution in [2.45, 2.75) is 51.8 Å². The van der Waals surface area contributed by atoms with E-state index in [1.165, 1.54) is 5.69 Å². The standard InChI is InChI=1S/C25H34N6O2/c1-4-12-29(3)21-16-22(30-13-15-32-17-18(30)2)28-24-19(21)8-10-26-25(24)20-9-11-27-31(20)23-7-5-6-14-33-23/h8-11,16,18,23H,4-7,12-15,17H2,1-3H3. The van der Waals surface area contributed by atoms with E-state index in [1.807, 2.05) is 23.1 Å². The number of hydrogen-bond acceptors (Lipinski definition) is 7. The zero-order valence-electron chi connectivity index (χ0n) is 19.9. The Kier molecular flexibility index (Phi) is 6.46. The molecule has 2 saturated heterocycles. The molecule has 2 fully saturated rings. The molecule has 0 bridgehead atoms. The molecule has 33 heavy (non-hydrogen) atoms. The van der Waals surface area contributed by atoms with Gasteiger partial charge in [-0.3, -0.25) is 4.98 Å². The smallest absolute Gasteiger partial charge is 0.150 e. The van der Waals surface area contributed by atoms with E-state index in [2.05, 4.69) is 47.9 Å². The minimum absolute atomic E-state index is 0.0505. The monoisotopic (exact) mass is 450 g/mol. The number of ether oxygens (including phenoxy) is 2. The van der Waals surface area contributed by atoms with Crippen LogP contribution in [0.3, 0.4) is 0 Å². The number of morpholine rings is 1. The predicted molar refractivity (Wildman–Crippen MR) is 131 cm³/mol. The molecule has 8 heteroatoms. The Morgan fingerprint density at radius 1 is 1.18 bits per heavy atom. The van der Waals surface area contributed by atoms with Crippen LogP contribution in [-0.2, 0) is 9.47 Å². The van der Waals surface area contributed by atoms with Crippen LogP contribution in [0.2, 0.25) is 0 Å². The molecule has 8 nitrogen and oxygen atoms in total. The zero-order chi connectivity index (χ0) is 22.8. The molecule has 3 aromatic heterocycles. The molecule has 0 saturated carbocycles. The molecule has 3 aromatic rings. The second kappa shape index (κ2) is 9.65. The van der Waals surface area contributed by atoms with Gasteiger partial charge in [-0.15, -0.1) is 0 Å². The van der Waals surface area contributed by atoms with Crippen molar-refractivity contribution in [3.63, 3.8) is 0 Å². The van der Waals surface area contributed by atoms with Gasteiger partial charge in [0.05, 0.1) is 24.9 Å². The summed E-state index contributed by atoms with van der Waals surface area (Å²) < 4.78 is 13.7. The van der Waals surface area contributed by atoms with Gasteiger partial charge in [0.15, 0.2) is 6.23 Å². The average Bonchev–Trinajstić information content (AvgIpc) is 3.34. The van der Waals surface area contributed by atoms with Crippen molar-refractivity contribution in [1.82, 2.24) is 19.7 Å². The van der Waals surface area contributed by atoms with Gasteiger partial charge in [-0.2, -0.15) is 5.10 Å². The lowest BCUT2D eigenvalue weighted by atomic mass is 10.1. The lowest BCUT2D eigenvalue weighted by Gasteiger charge is -2.35. The summed E-state index contributed by atoms with van der Waals surface area (Å²) in [4.78, 5) is 14.7. The molecule has 0 aliphatic carbocycles. The number of hydrogen-bond donors (Lipinski definition) is 0. The maximum Gasteiger partial charge on any atom is 0.150 e. The van der Waals surface area contributed by atoms with Gasteiger partial charge in [0.25, 0.3) is 0 Å². The SMILES string of the molecule is CCCN(C)c1cc(N2CCOCC2C)nc2c(-c3ccnn3C3CCCCO3)nccc12. The fourth-order valence-corrected chi connectivity index (χ4v) is 4.94. The van der Waals surface area contributed by atoms with E-state index in [4.69, 9.17) is 19.4 Å². The van der Waals surface area contributed by atoms with Crippen LogP contribution >= 0.6 is 0 Å². The van der Waals surface area contributed by atoms with Gasteiger partial charge in [0, 0.05) is 56.3 Å². The minimum atomic E-state index is -0.0505. The number of pyridine rings is 2. The first-order valence-electron chi connectivity index (χ1n) is 12.2. The molecule has 2 atom stereocenters. The first kappa shape index (κ1) is 22.1. The van der Waals surface area contributed by atoms with Crippen molar-refractivity contribution < 1.29 is 9.47 Å². The van der Waals surface area contributed by atoms with Crippen molar-refractivity contribution in [3.05, 3.63) is 30.6 Å². The summed E-state index contributed by atoms with van der Waals surface area (Å²) in [5.41, 5.74) is 3.90. The molecule has 0 radical (unpaired) electrons. The number of aromatic nitrogens is 4. The summed E-state index contributed by atoms with van der Waals surface area (Å²) in [5.74, 6) is 0.977. The molecular formula is C25H34N6O2. The Bertz CT molecular complexity index is 1090. The van der Waals surface area contributed by atoms with Crippen LogP contribution in [0.1, 0.15) is 45.8 Å². The van der Waals surface area contributed by atoms with Gasteiger partial charge in [-0.05, 0) is 44.7 Å². The van der Waals surface area contributed by atoms with E-state index in [9.17, 15) is 0 Å². The van der Waals surface area contributed by atoms with Crippen LogP contribution in [0, 0.1) is 0 Å². The first-order valence-corrected chi connectivity index (χ1v) is 12.2. The minimum Gasteiger partial charge on any atom is -0.377 e. The molecule has 0 N–H and O–H groups in total. The average molecular weight is 451 g/mol. The highest BCUT2D eigenvalue weighted by molar-refractivity contribution is 6.00. The predicted octanol–water partition coefficient (Wildman–Crippen LogP) is 4.26. The molecule has 0 aromatic carbocycles. The van der Waals surface area contributed by atoms with Crippen LogP contribution < -0.4 is 9.80 Å². The molecule has 2 unspecified atom stereocenters. The third-order valence-corrected chi connectivity index (χ3v) is 6.67. The van der Waals surface area contributed by atoms with Gasteiger partial charge >= 0.3 is 0 Å². The topological polar surface area (TPSA) is 68.5 Å². The van der Waals surface area contributed by atoms with Crippen LogP contribution in [0.15, 0.2) is 30.6 Å². The van der Waals surface area contributed by atoms with Crippen LogP contribution in [0.5, 0.6) is 0 Å². The molecule has 2 aliphatic rings. The van der Waals surface area contributed by atoms with Crippen molar-refractivity contribution in [2.24, 2.45) is 0 Å². The van der Waals surface area contributed by atoms with E-state index < -0.39 is 0 Å². The van der Waals surface area contributed by atoms with Crippen molar-refractivity contribution in [3.8, 4) is 11.4 Å². The lowest BCUT2D eigenvalue weighted by Crippen LogP contribution is -2.44. The van der Waals surface area contributed by atoms with Crippen molar-refractivity contribution >= 4 is 22.4 Å². The molecule has 0 spiro atoms. The second-order valence-electron chi connectivity index (χ2n) is 9.08. The van der Waals surface area contributed by atoms with Gasteiger partial charge < -0.3 is 19.3 Å². The largest absolute Gasteiger partial charge is 0.377 e. The third-order valence-electron chi connectivity index (χ3n) is 6.67. The van der Waals surface area contributed by atoms with E-state index in [0.29, 0.717) is 6.61 Å². The van der Waals surface area contributed by atoms with Gasteiger partial charge in [-0.25, -0.2) is 9.67 Å². The quantitative estimate of drug-likeness (QED) is 0.556. The van der Waals surface area contributed by atoms with Gasteiger partial charge in [0.1, 0.15) is 17.0 Å². The highest BCUT2D eigenvalue weighted by Gasteiger charge is 2.25. The molecule has 2 aliphatic heterocycles. The van der Waals surface area contributed by atoms with E-state index in [-0.39, 0.29) is 12.3 Å². The molecular weight excluding hydrogens is 416 g/mol. The molecule has 0 amide bonds. The summed E-state index contributed by atoms with van der Waals surface area (Å²) in [6.45, 7) is 8.42. The van der Waals surface area contributed by atoms with Gasteiger partial charge in [0.2, 0.25) is 0 Å². The Labute approximate surface area is 195 Å². The molecule has 5 rings (SSSR count). The maximum atomic E-state index is 6.05. The van der Waals surface area contributed by atoms with E-state index >= 15 is 0 Å². The van der Waals surface area contributed by atoms with Crippen LogP contribution in [0.25, 0.3) is 22.3 Å². The number of nitrogens with zero attached hydrogens (tertiary/aromatic N) is 6.